The third-order valence-corrected chi connectivity index (χ3v) is 2.95. The molecule has 76 valence electrons. The fraction of sp³-hybridized carbons (Fsp3) is 0.300. The summed E-state index contributed by atoms with van der Waals surface area (Å²) in [6.45, 7) is 1.73. The highest BCUT2D eigenvalue weighted by atomic mass is 127. The van der Waals surface area contributed by atoms with Crippen molar-refractivity contribution in [3.8, 4) is 0 Å². The highest BCUT2D eigenvalue weighted by molar-refractivity contribution is 14.1. The van der Waals surface area contributed by atoms with E-state index < -0.39 is 11.5 Å². The lowest BCUT2D eigenvalue weighted by Crippen LogP contribution is -2.36. The van der Waals surface area contributed by atoms with Gasteiger partial charge in [-0.25, -0.2) is 0 Å². The van der Waals surface area contributed by atoms with Crippen LogP contribution in [0.15, 0.2) is 24.3 Å². The van der Waals surface area contributed by atoms with Crippen molar-refractivity contribution >= 4 is 28.6 Å². The van der Waals surface area contributed by atoms with E-state index >= 15 is 0 Å². The van der Waals surface area contributed by atoms with Gasteiger partial charge in [-0.3, -0.25) is 4.79 Å². The molecule has 0 saturated heterocycles. The molecule has 0 heterocycles. The van der Waals surface area contributed by atoms with Crippen molar-refractivity contribution < 1.29 is 9.90 Å². The van der Waals surface area contributed by atoms with Crippen LogP contribution in [0.4, 0.5) is 0 Å². The molecule has 0 spiro atoms. The van der Waals surface area contributed by atoms with Crippen LogP contribution in [-0.2, 0) is 10.3 Å². The minimum Gasteiger partial charge on any atom is -0.481 e. The van der Waals surface area contributed by atoms with Crippen LogP contribution >= 0.6 is 22.6 Å². The molecular formula is C10H12INO2. The van der Waals surface area contributed by atoms with Gasteiger partial charge in [0.05, 0.1) is 6.42 Å². The number of carbonyl (C=O) groups is 1. The van der Waals surface area contributed by atoms with Gasteiger partial charge in [-0.1, -0.05) is 18.2 Å². The third-order valence-electron chi connectivity index (χ3n) is 2.01. The van der Waals surface area contributed by atoms with E-state index in [1.165, 1.54) is 0 Å². The standard InChI is InChI=1S/C10H12INO2/c1-10(12,6-9(13)14)7-4-2-3-5-8(7)11/h2-5H,6,12H2,1H3,(H,13,14). The summed E-state index contributed by atoms with van der Waals surface area (Å²) in [4.78, 5) is 10.6. The van der Waals surface area contributed by atoms with Crippen molar-refractivity contribution in [3.05, 3.63) is 33.4 Å². The Labute approximate surface area is 96.4 Å². The maximum absolute atomic E-state index is 10.6. The molecule has 4 heteroatoms. The Morgan fingerprint density at radius 3 is 2.64 bits per heavy atom. The van der Waals surface area contributed by atoms with Crippen LogP contribution < -0.4 is 5.73 Å². The van der Waals surface area contributed by atoms with Crippen molar-refractivity contribution in [2.75, 3.05) is 0 Å². The SMILES string of the molecule is CC(N)(CC(=O)O)c1ccccc1I. The molecule has 0 radical (unpaired) electrons. The Morgan fingerprint density at radius 2 is 2.14 bits per heavy atom. The van der Waals surface area contributed by atoms with E-state index in [9.17, 15) is 4.79 Å². The molecule has 0 aromatic heterocycles. The fourth-order valence-electron chi connectivity index (χ4n) is 1.33. The molecule has 14 heavy (non-hydrogen) atoms. The molecule has 0 amide bonds. The first kappa shape index (κ1) is 11.5. The van der Waals surface area contributed by atoms with Gasteiger partial charge in [-0.15, -0.1) is 0 Å². The molecule has 1 aromatic carbocycles. The molecule has 0 aliphatic carbocycles. The van der Waals surface area contributed by atoms with Crippen LogP contribution in [0.1, 0.15) is 18.9 Å². The molecule has 3 nitrogen and oxygen atoms in total. The first-order valence-corrected chi connectivity index (χ1v) is 5.27. The lowest BCUT2D eigenvalue weighted by Gasteiger charge is -2.24. The van der Waals surface area contributed by atoms with Gasteiger partial charge in [0, 0.05) is 9.11 Å². The van der Waals surface area contributed by atoms with Gasteiger partial charge >= 0.3 is 5.97 Å². The van der Waals surface area contributed by atoms with Crippen LogP contribution in [0.2, 0.25) is 0 Å². The van der Waals surface area contributed by atoms with E-state index in [0.717, 1.165) is 9.13 Å². The first-order valence-electron chi connectivity index (χ1n) is 4.19. The van der Waals surface area contributed by atoms with Crippen molar-refractivity contribution in [3.63, 3.8) is 0 Å². The van der Waals surface area contributed by atoms with Crippen molar-refractivity contribution in [2.45, 2.75) is 18.9 Å². The van der Waals surface area contributed by atoms with Gasteiger partial charge in [0.1, 0.15) is 0 Å². The zero-order chi connectivity index (χ0) is 10.8. The average molecular weight is 305 g/mol. The van der Waals surface area contributed by atoms with Crippen molar-refractivity contribution in [2.24, 2.45) is 5.73 Å². The molecule has 1 rings (SSSR count). The van der Waals surface area contributed by atoms with E-state index in [-0.39, 0.29) is 6.42 Å². The topological polar surface area (TPSA) is 63.3 Å². The second-order valence-electron chi connectivity index (χ2n) is 3.47. The predicted molar refractivity (Wildman–Crippen MR) is 63.0 cm³/mol. The normalized spacial score (nSPS) is 14.8. The Kier molecular flexibility index (Phi) is 3.49. The van der Waals surface area contributed by atoms with Crippen LogP contribution in [-0.4, -0.2) is 11.1 Å². The number of halogens is 1. The summed E-state index contributed by atoms with van der Waals surface area (Å²) in [6, 6.07) is 7.56. The second-order valence-corrected chi connectivity index (χ2v) is 4.63. The van der Waals surface area contributed by atoms with Gasteiger partial charge in [-0.05, 0) is 41.1 Å². The Bertz CT molecular complexity index is 350. The smallest absolute Gasteiger partial charge is 0.305 e. The highest BCUT2D eigenvalue weighted by Crippen LogP contribution is 2.25. The van der Waals surface area contributed by atoms with E-state index in [2.05, 4.69) is 22.6 Å². The summed E-state index contributed by atoms with van der Waals surface area (Å²) in [5, 5.41) is 8.72. The second kappa shape index (κ2) is 4.27. The fourth-order valence-corrected chi connectivity index (χ4v) is 2.34. The number of hydrogen-bond acceptors (Lipinski definition) is 2. The number of nitrogens with two attached hydrogens (primary N) is 1. The number of benzene rings is 1. The first-order chi connectivity index (χ1) is 6.43. The summed E-state index contributed by atoms with van der Waals surface area (Å²) < 4.78 is 0.997. The van der Waals surface area contributed by atoms with Crippen LogP contribution in [0.5, 0.6) is 0 Å². The zero-order valence-electron chi connectivity index (χ0n) is 7.83. The number of hydrogen-bond donors (Lipinski definition) is 2. The highest BCUT2D eigenvalue weighted by Gasteiger charge is 2.26. The van der Waals surface area contributed by atoms with Crippen LogP contribution in [0.3, 0.4) is 0 Å². The largest absolute Gasteiger partial charge is 0.481 e. The van der Waals surface area contributed by atoms with Gasteiger partial charge in [0.15, 0.2) is 0 Å². The van der Waals surface area contributed by atoms with E-state index in [1.54, 1.807) is 6.92 Å². The average Bonchev–Trinajstić information content (AvgIpc) is 2.02. The molecule has 0 aliphatic heterocycles. The number of carboxylic acids is 1. The van der Waals surface area contributed by atoms with Gasteiger partial charge in [0.25, 0.3) is 0 Å². The summed E-state index contributed by atoms with van der Waals surface area (Å²) in [7, 11) is 0. The Balaban J connectivity index is 3.03. The summed E-state index contributed by atoms with van der Waals surface area (Å²) in [6.07, 6.45) is -0.0625. The molecule has 1 aromatic rings. The van der Waals surface area contributed by atoms with Gasteiger partial charge in [-0.2, -0.15) is 0 Å². The maximum atomic E-state index is 10.6. The van der Waals surface area contributed by atoms with E-state index in [1.807, 2.05) is 24.3 Å². The van der Waals surface area contributed by atoms with Crippen molar-refractivity contribution in [1.29, 1.82) is 0 Å². The zero-order valence-corrected chi connectivity index (χ0v) is 9.98. The molecule has 0 saturated carbocycles. The minimum atomic E-state index is -0.880. The lowest BCUT2D eigenvalue weighted by atomic mass is 9.90. The predicted octanol–water partition coefficient (Wildman–Crippen LogP) is 1.94. The molecule has 0 fully saturated rings. The molecule has 3 N–H and O–H groups in total. The summed E-state index contributed by atoms with van der Waals surface area (Å²) in [5.74, 6) is -0.880. The monoisotopic (exact) mass is 305 g/mol. The molecule has 0 bridgehead atoms. The van der Waals surface area contributed by atoms with E-state index in [4.69, 9.17) is 10.8 Å². The molecule has 1 atom stereocenters. The Hall–Kier alpha value is -0.620. The minimum absolute atomic E-state index is 0.0625. The quantitative estimate of drug-likeness (QED) is 0.839. The third kappa shape index (κ3) is 2.68. The van der Waals surface area contributed by atoms with Gasteiger partial charge in [0.2, 0.25) is 0 Å². The van der Waals surface area contributed by atoms with Gasteiger partial charge < -0.3 is 10.8 Å². The van der Waals surface area contributed by atoms with E-state index in [0.29, 0.717) is 0 Å². The molecular weight excluding hydrogens is 293 g/mol. The molecule has 0 aliphatic rings. The maximum Gasteiger partial charge on any atom is 0.305 e. The van der Waals surface area contributed by atoms with Crippen LogP contribution in [0.25, 0.3) is 0 Å². The number of carboxylic acid groups (broad SMARTS) is 1. The number of rotatable bonds is 3. The molecule has 1 unspecified atom stereocenters. The van der Waals surface area contributed by atoms with Crippen molar-refractivity contribution in [1.82, 2.24) is 0 Å². The lowest BCUT2D eigenvalue weighted by molar-refractivity contribution is -0.138. The summed E-state index contributed by atoms with van der Waals surface area (Å²) in [5.41, 5.74) is 6.03. The number of aliphatic carboxylic acids is 1. The summed E-state index contributed by atoms with van der Waals surface area (Å²) >= 11 is 2.16. The Morgan fingerprint density at radius 1 is 1.57 bits per heavy atom. The van der Waals surface area contributed by atoms with Crippen LogP contribution in [0, 0.1) is 3.57 Å².